The number of nitrogens with zero attached hydrogens (tertiary/aromatic N) is 1. The number of methoxy groups -OCH3 is 1. The van der Waals surface area contributed by atoms with E-state index in [9.17, 15) is 9.59 Å². The first-order valence-electron chi connectivity index (χ1n) is 5.08. The standard InChI is InChI=1S/C10H19NO4/c1-4-11(7-6-10(13)14-3)9(12)8-15-5-2/h4-8H2,1-3H3. The van der Waals surface area contributed by atoms with Crippen molar-refractivity contribution in [3.8, 4) is 0 Å². The van der Waals surface area contributed by atoms with Gasteiger partial charge in [0.25, 0.3) is 0 Å². The zero-order chi connectivity index (χ0) is 11.7. The van der Waals surface area contributed by atoms with E-state index in [-0.39, 0.29) is 24.9 Å². The molecule has 0 aliphatic heterocycles. The highest BCUT2D eigenvalue weighted by molar-refractivity contribution is 5.78. The van der Waals surface area contributed by atoms with Crippen molar-refractivity contribution in [3.05, 3.63) is 0 Å². The quantitative estimate of drug-likeness (QED) is 0.580. The number of carbonyl (C=O) groups is 2. The first kappa shape index (κ1) is 13.9. The fourth-order valence-electron chi connectivity index (χ4n) is 1.07. The Morgan fingerprint density at radius 2 is 1.93 bits per heavy atom. The summed E-state index contributed by atoms with van der Waals surface area (Å²) >= 11 is 0. The molecular weight excluding hydrogens is 198 g/mol. The molecule has 0 atom stereocenters. The van der Waals surface area contributed by atoms with Crippen molar-refractivity contribution >= 4 is 11.9 Å². The maximum atomic E-state index is 11.5. The molecule has 0 aromatic carbocycles. The van der Waals surface area contributed by atoms with Gasteiger partial charge in [-0.2, -0.15) is 0 Å². The van der Waals surface area contributed by atoms with Crippen LogP contribution in [0.15, 0.2) is 0 Å². The van der Waals surface area contributed by atoms with Crippen LogP contribution in [-0.4, -0.2) is 50.2 Å². The smallest absolute Gasteiger partial charge is 0.307 e. The number of carbonyl (C=O) groups excluding carboxylic acids is 2. The Kier molecular flexibility index (Phi) is 7.62. The highest BCUT2D eigenvalue weighted by Crippen LogP contribution is 1.95. The molecule has 0 N–H and O–H groups in total. The van der Waals surface area contributed by atoms with Crippen LogP contribution in [0.25, 0.3) is 0 Å². The third-order valence-electron chi connectivity index (χ3n) is 1.98. The Labute approximate surface area is 90.3 Å². The maximum absolute atomic E-state index is 11.5. The first-order valence-corrected chi connectivity index (χ1v) is 5.08. The molecule has 0 aliphatic carbocycles. The molecule has 15 heavy (non-hydrogen) atoms. The topological polar surface area (TPSA) is 55.8 Å². The van der Waals surface area contributed by atoms with Gasteiger partial charge in [0.2, 0.25) is 5.91 Å². The highest BCUT2D eigenvalue weighted by Gasteiger charge is 2.12. The van der Waals surface area contributed by atoms with Crippen LogP contribution < -0.4 is 0 Å². The van der Waals surface area contributed by atoms with E-state index in [1.807, 2.05) is 13.8 Å². The van der Waals surface area contributed by atoms with Crippen LogP contribution in [0.3, 0.4) is 0 Å². The molecule has 0 heterocycles. The van der Waals surface area contributed by atoms with Gasteiger partial charge in [-0.25, -0.2) is 0 Å². The molecule has 0 fully saturated rings. The summed E-state index contributed by atoms with van der Waals surface area (Å²) in [6, 6.07) is 0. The Hall–Kier alpha value is -1.10. The monoisotopic (exact) mass is 217 g/mol. The van der Waals surface area contributed by atoms with E-state index in [2.05, 4.69) is 4.74 Å². The minimum atomic E-state index is -0.308. The minimum Gasteiger partial charge on any atom is -0.469 e. The van der Waals surface area contributed by atoms with Crippen LogP contribution in [0.5, 0.6) is 0 Å². The second kappa shape index (κ2) is 8.23. The Balaban J connectivity index is 3.90. The normalized spacial score (nSPS) is 9.80. The second-order valence-corrected chi connectivity index (χ2v) is 2.94. The Morgan fingerprint density at radius 1 is 1.27 bits per heavy atom. The van der Waals surface area contributed by atoms with Crippen LogP contribution in [0.4, 0.5) is 0 Å². The zero-order valence-corrected chi connectivity index (χ0v) is 9.62. The average molecular weight is 217 g/mol. The summed E-state index contributed by atoms with van der Waals surface area (Å²) in [6.45, 7) is 5.24. The number of hydrogen-bond donors (Lipinski definition) is 0. The van der Waals surface area contributed by atoms with Crippen LogP contribution in [0.1, 0.15) is 20.3 Å². The highest BCUT2D eigenvalue weighted by atomic mass is 16.5. The van der Waals surface area contributed by atoms with Gasteiger partial charge in [0.05, 0.1) is 13.5 Å². The molecule has 5 nitrogen and oxygen atoms in total. The molecule has 0 aromatic rings. The van der Waals surface area contributed by atoms with Gasteiger partial charge in [-0.05, 0) is 13.8 Å². The van der Waals surface area contributed by atoms with Crippen molar-refractivity contribution in [2.45, 2.75) is 20.3 Å². The lowest BCUT2D eigenvalue weighted by atomic mass is 10.3. The molecule has 0 unspecified atom stereocenters. The van der Waals surface area contributed by atoms with Gasteiger partial charge in [0, 0.05) is 19.7 Å². The lowest BCUT2D eigenvalue weighted by molar-refractivity contribution is -0.142. The van der Waals surface area contributed by atoms with Crippen LogP contribution in [-0.2, 0) is 19.1 Å². The summed E-state index contributed by atoms with van der Waals surface area (Å²) in [5, 5.41) is 0. The van der Waals surface area contributed by atoms with Gasteiger partial charge in [0.15, 0.2) is 0 Å². The predicted molar refractivity (Wildman–Crippen MR) is 55.4 cm³/mol. The lowest BCUT2D eigenvalue weighted by Crippen LogP contribution is -2.35. The maximum Gasteiger partial charge on any atom is 0.307 e. The number of likely N-dealkylation sites (N-methyl/N-ethyl adjacent to an activating group) is 1. The lowest BCUT2D eigenvalue weighted by Gasteiger charge is -2.19. The van der Waals surface area contributed by atoms with Gasteiger partial charge >= 0.3 is 5.97 Å². The Morgan fingerprint density at radius 3 is 2.40 bits per heavy atom. The number of amides is 1. The van der Waals surface area contributed by atoms with Crippen molar-refractivity contribution in [1.29, 1.82) is 0 Å². The molecule has 0 spiro atoms. The van der Waals surface area contributed by atoms with Crippen LogP contribution >= 0.6 is 0 Å². The van der Waals surface area contributed by atoms with Crippen molar-refractivity contribution in [1.82, 2.24) is 4.90 Å². The average Bonchev–Trinajstić information content (AvgIpc) is 2.26. The summed E-state index contributed by atoms with van der Waals surface area (Å²) in [7, 11) is 1.33. The minimum absolute atomic E-state index is 0.0749. The second-order valence-electron chi connectivity index (χ2n) is 2.94. The molecule has 0 radical (unpaired) electrons. The van der Waals surface area contributed by atoms with Crippen molar-refractivity contribution in [3.63, 3.8) is 0 Å². The molecule has 0 aliphatic rings. The van der Waals surface area contributed by atoms with Crippen molar-refractivity contribution < 1.29 is 19.1 Å². The van der Waals surface area contributed by atoms with Gasteiger partial charge in [0.1, 0.15) is 6.61 Å². The first-order chi connectivity index (χ1) is 7.15. The molecule has 0 saturated carbocycles. The van der Waals surface area contributed by atoms with Crippen molar-refractivity contribution in [2.24, 2.45) is 0 Å². The fraction of sp³-hybridized carbons (Fsp3) is 0.800. The summed E-state index contributed by atoms with van der Waals surface area (Å²) in [5.74, 6) is -0.402. The third kappa shape index (κ3) is 6.06. The molecule has 5 heteroatoms. The molecule has 0 bridgehead atoms. The predicted octanol–water partition coefficient (Wildman–Crippen LogP) is 0.434. The largest absolute Gasteiger partial charge is 0.469 e. The molecule has 1 amide bonds. The summed E-state index contributed by atoms with van der Waals surface area (Å²) in [6.07, 6.45) is 0.224. The van der Waals surface area contributed by atoms with E-state index in [0.29, 0.717) is 19.7 Å². The van der Waals surface area contributed by atoms with Gasteiger partial charge < -0.3 is 14.4 Å². The van der Waals surface area contributed by atoms with E-state index in [4.69, 9.17) is 4.74 Å². The van der Waals surface area contributed by atoms with Crippen molar-refractivity contribution in [2.75, 3.05) is 33.4 Å². The van der Waals surface area contributed by atoms with Gasteiger partial charge in [-0.15, -0.1) is 0 Å². The van der Waals surface area contributed by atoms with Gasteiger partial charge in [-0.3, -0.25) is 9.59 Å². The van der Waals surface area contributed by atoms with E-state index >= 15 is 0 Å². The van der Waals surface area contributed by atoms with Crippen LogP contribution in [0, 0.1) is 0 Å². The van der Waals surface area contributed by atoms with Gasteiger partial charge in [-0.1, -0.05) is 0 Å². The molecule has 0 aromatic heterocycles. The summed E-state index contributed by atoms with van der Waals surface area (Å²) in [5.41, 5.74) is 0. The molecule has 0 rings (SSSR count). The fourth-order valence-corrected chi connectivity index (χ4v) is 1.07. The SMILES string of the molecule is CCOCC(=O)N(CC)CCC(=O)OC. The van der Waals surface area contributed by atoms with E-state index < -0.39 is 0 Å². The summed E-state index contributed by atoms with van der Waals surface area (Å²) in [4.78, 5) is 23.9. The third-order valence-corrected chi connectivity index (χ3v) is 1.98. The number of ether oxygens (including phenoxy) is 2. The van der Waals surface area contributed by atoms with E-state index in [1.165, 1.54) is 7.11 Å². The molecule has 0 saturated heterocycles. The molecule has 88 valence electrons. The number of hydrogen-bond acceptors (Lipinski definition) is 4. The Bertz CT molecular complexity index is 206. The number of rotatable bonds is 7. The zero-order valence-electron chi connectivity index (χ0n) is 9.62. The number of esters is 1. The molecular formula is C10H19NO4. The van der Waals surface area contributed by atoms with E-state index in [1.54, 1.807) is 4.90 Å². The van der Waals surface area contributed by atoms with Crippen LogP contribution in [0.2, 0.25) is 0 Å². The van der Waals surface area contributed by atoms with E-state index in [0.717, 1.165) is 0 Å². The summed E-state index contributed by atoms with van der Waals surface area (Å²) < 4.78 is 9.50.